The second-order valence-corrected chi connectivity index (χ2v) is 11.2. The highest BCUT2D eigenvalue weighted by Crippen LogP contribution is 2.24. The van der Waals surface area contributed by atoms with Crippen molar-refractivity contribution in [2.24, 2.45) is 0 Å². The smallest absolute Gasteiger partial charge is 0.232 e. The van der Waals surface area contributed by atoms with Crippen molar-refractivity contribution in [1.82, 2.24) is 9.13 Å². The lowest BCUT2D eigenvalue weighted by Gasteiger charge is -2.08. The lowest BCUT2D eigenvalue weighted by atomic mass is 10.1. The van der Waals surface area contributed by atoms with Crippen molar-refractivity contribution < 1.29 is 9.13 Å². The van der Waals surface area contributed by atoms with Gasteiger partial charge in [0, 0.05) is 15.6 Å². The molecule has 0 unspecified atom stereocenters. The number of halogens is 1. The summed E-state index contributed by atoms with van der Waals surface area (Å²) in [5.41, 5.74) is 12.8. The van der Waals surface area contributed by atoms with Gasteiger partial charge in [-0.15, -0.1) is 0 Å². The maximum absolute atomic E-state index is 3.92. The average Bonchev–Trinajstić information content (AvgIpc) is 3.45. The highest BCUT2D eigenvalue weighted by atomic mass is 79.9. The zero-order chi connectivity index (χ0) is 26.3. The zero-order valence-electron chi connectivity index (χ0n) is 22.6. The van der Waals surface area contributed by atoms with E-state index in [-0.39, 0.29) is 0 Å². The summed E-state index contributed by atoms with van der Waals surface area (Å²) >= 11 is 3.92. The first kappa shape index (κ1) is 25.2. The van der Waals surface area contributed by atoms with Crippen LogP contribution in [0.5, 0.6) is 0 Å². The van der Waals surface area contributed by atoms with Crippen LogP contribution in [-0.4, -0.2) is 9.13 Å². The number of aromatic nitrogens is 4. The number of aryl methyl sites for hydroxylation is 6. The summed E-state index contributed by atoms with van der Waals surface area (Å²) in [5.74, 6) is 0. The van der Waals surface area contributed by atoms with Crippen LogP contribution in [0.2, 0.25) is 0 Å². The molecule has 2 aromatic heterocycles. The highest BCUT2D eigenvalue weighted by Gasteiger charge is 2.17. The molecule has 0 aliphatic carbocycles. The van der Waals surface area contributed by atoms with E-state index >= 15 is 0 Å². The fraction of sp³-hybridized carbons (Fsp3) is 0.250. The summed E-state index contributed by atoms with van der Waals surface area (Å²) in [4.78, 5) is 0. The molecule has 0 N–H and O–H groups in total. The van der Waals surface area contributed by atoms with E-state index < -0.39 is 0 Å². The number of imidazole rings is 2. The summed E-state index contributed by atoms with van der Waals surface area (Å²) in [5, 5.41) is 0. The van der Waals surface area contributed by atoms with Crippen LogP contribution < -0.4 is 9.13 Å². The van der Waals surface area contributed by atoms with Crippen molar-refractivity contribution in [2.75, 3.05) is 0 Å². The molecule has 0 fully saturated rings. The summed E-state index contributed by atoms with van der Waals surface area (Å²) in [6.45, 7) is 14.7. The fourth-order valence-electron chi connectivity index (χ4n) is 5.67. The predicted octanol–water partition coefficient (Wildman–Crippen LogP) is 6.55. The van der Waals surface area contributed by atoms with Crippen LogP contribution in [0.4, 0.5) is 0 Å². The van der Waals surface area contributed by atoms with Gasteiger partial charge in [0.2, 0.25) is 12.7 Å². The van der Waals surface area contributed by atoms with Gasteiger partial charge < -0.3 is 0 Å². The van der Waals surface area contributed by atoms with Crippen LogP contribution in [-0.2, 0) is 13.1 Å². The van der Waals surface area contributed by atoms with E-state index in [2.05, 4.69) is 156 Å². The number of nitrogens with zero attached hydrogens (tertiary/aromatic N) is 4. The molecule has 0 aliphatic heterocycles. The molecule has 2 heterocycles. The highest BCUT2D eigenvalue weighted by molar-refractivity contribution is 9.10. The van der Waals surface area contributed by atoms with Gasteiger partial charge >= 0.3 is 0 Å². The molecular weight excluding hydrogens is 520 g/mol. The van der Waals surface area contributed by atoms with Crippen molar-refractivity contribution in [2.45, 2.75) is 54.6 Å². The molecule has 3 aromatic carbocycles. The van der Waals surface area contributed by atoms with Gasteiger partial charge in [0.15, 0.2) is 0 Å². The number of rotatable bonds is 6. The molecule has 0 bridgehead atoms. The number of hydrogen-bond acceptors (Lipinski definition) is 0. The van der Waals surface area contributed by atoms with Gasteiger partial charge in [-0.25, -0.2) is 18.3 Å². The summed E-state index contributed by atoms with van der Waals surface area (Å²) in [7, 11) is 0. The summed E-state index contributed by atoms with van der Waals surface area (Å²) < 4.78 is 10.1. The lowest BCUT2D eigenvalue weighted by Crippen LogP contribution is -2.33. The predicted molar refractivity (Wildman–Crippen MR) is 153 cm³/mol. The van der Waals surface area contributed by atoms with Crippen molar-refractivity contribution in [3.8, 4) is 11.4 Å². The van der Waals surface area contributed by atoms with Crippen molar-refractivity contribution in [3.05, 3.63) is 129 Å². The van der Waals surface area contributed by atoms with E-state index in [9.17, 15) is 0 Å². The third-order valence-electron chi connectivity index (χ3n) is 7.03. The second-order valence-electron chi connectivity index (χ2n) is 10.4. The van der Waals surface area contributed by atoms with Crippen molar-refractivity contribution in [3.63, 3.8) is 0 Å². The number of benzene rings is 3. The maximum Gasteiger partial charge on any atom is 0.249 e. The third-order valence-corrected chi connectivity index (χ3v) is 8.05. The minimum atomic E-state index is 0.804. The van der Waals surface area contributed by atoms with E-state index in [0.717, 1.165) is 13.1 Å². The van der Waals surface area contributed by atoms with Gasteiger partial charge in [-0.1, -0.05) is 53.6 Å². The van der Waals surface area contributed by atoms with E-state index in [0.29, 0.717) is 0 Å². The van der Waals surface area contributed by atoms with Gasteiger partial charge in [-0.2, -0.15) is 0 Å². The van der Waals surface area contributed by atoms with Gasteiger partial charge in [-0.05, 0) is 79.7 Å². The Bertz CT molecular complexity index is 1440. The van der Waals surface area contributed by atoms with Crippen LogP contribution in [0, 0.1) is 41.5 Å². The third kappa shape index (κ3) is 5.19. The minimum Gasteiger partial charge on any atom is -0.232 e. The maximum atomic E-state index is 3.92. The number of hydrogen-bond donors (Lipinski definition) is 0. The SMILES string of the molecule is Cc1cc(C)c(-n2cc[n+](Cc3cccc(C[n+]4ccn(-c5c(C)cc(C)cc5C)c4)c3Br)c2)c(C)c1. The van der Waals surface area contributed by atoms with E-state index in [1.54, 1.807) is 0 Å². The molecule has 5 aromatic rings. The molecule has 0 radical (unpaired) electrons. The Morgan fingerprint density at radius 3 is 1.38 bits per heavy atom. The first-order chi connectivity index (χ1) is 17.7. The molecule has 0 amide bonds. The fourth-order valence-corrected chi connectivity index (χ4v) is 6.19. The Kier molecular flexibility index (Phi) is 6.91. The Morgan fingerprint density at radius 1 is 0.622 bits per heavy atom. The van der Waals surface area contributed by atoms with Crippen LogP contribution in [0.3, 0.4) is 0 Å². The Labute approximate surface area is 228 Å². The first-order valence-corrected chi connectivity index (χ1v) is 13.6. The Morgan fingerprint density at radius 2 is 1.00 bits per heavy atom. The second kappa shape index (κ2) is 10.1. The molecule has 0 aliphatic rings. The molecule has 0 saturated carbocycles. The topological polar surface area (TPSA) is 17.6 Å². The minimum absolute atomic E-state index is 0.804. The lowest BCUT2D eigenvalue weighted by molar-refractivity contribution is -0.688. The zero-order valence-corrected chi connectivity index (χ0v) is 24.2. The first-order valence-electron chi connectivity index (χ1n) is 12.8. The molecule has 0 atom stereocenters. The van der Waals surface area contributed by atoms with E-state index in [1.807, 2.05) is 0 Å². The Hall–Kier alpha value is -3.44. The standard InChI is InChI=1S/C32H35BrN4/c1-22-14-24(3)31(25(4)15-22)36-12-10-34(20-36)18-28-8-7-9-29(30(28)33)19-35-11-13-37(21-35)32-26(5)16-23(2)17-27(32)6/h7-17,20-21H,18-19H2,1-6H3/q+2. The molecular formula is C32H35BrN4+2. The van der Waals surface area contributed by atoms with Crippen LogP contribution in [0.15, 0.2) is 84.4 Å². The van der Waals surface area contributed by atoms with Gasteiger partial charge in [-0.3, -0.25) is 0 Å². The molecule has 0 spiro atoms. The molecule has 5 heteroatoms. The van der Waals surface area contributed by atoms with E-state index in [1.165, 1.54) is 60.4 Å². The van der Waals surface area contributed by atoms with Crippen molar-refractivity contribution >= 4 is 15.9 Å². The molecule has 4 nitrogen and oxygen atoms in total. The average molecular weight is 556 g/mol. The van der Waals surface area contributed by atoms with Gasteiger partial charge in [0.05, 0.1) is 0 Å². The van der Waals surface area contributed by atoms with Crippen molar-refractivity contribution in [1.29, 1.82) is 0 Å². The van der Waals surface area contributed by atoms with E-state index in [4.69, 9.17) is 0 Å². The Balaban J connectivity index is 1.37. The molecule has 188 valence electrons. The van der Waals surface area contributed by atoms with Gasteiger partial charge in [0.25, 0.3) is 0 Å². The summed E-state index contributed by atoms with van der Waals surface area (Å²) in [6.07, 6.45) is 13.0. The summed E-state index contributed by atoms with van der Waals surface area (Å²) in [6, 6.07) is 15.6. The van der Waals surface area contributed by atoms with Crippen LogP contribution in [0.1, 0.15) is 44.5 Å². The largest absolute Gasteiger partial charge is 0.249 e. The van der Waals surface area contributed by atoms with Crippen LogP contribution >= 0.6 is 15.9 Å². The molecule has 5 rings (SSSR count). The normalized spacial score (nSPS) is 11.3. The monoisotopic (exact) mass is 554 g/mol. The quantitative estimate of drug-likeness (QED) is 0.212. The van der Waals surface area contributed by atoms with Crippen LogP contribution in [0.25, 0.3) is 11.4 Å². The molecule has 37 heavy (non-hydrogen) atoms. The molecule has 0 saturated heterocycles. The van der Waals surface area contributed by atoms with Gasteiger partial charge in [0.1, 0.15) is 49.3 Å².